The number of nitrogens with zero attached hydrogens (tertiary/aromatic N) is 4. The summed E-state index contributed by atoms with van der Waals surface area (Å²) >= 11 is 0. The first kappa shape index (κ1) is 69.8. The second kappa shape index (κ2) is 30.0. The smallest absolute Gasteiger partial charge is 0.328 e. The Kier molecular flexibility index (Phi) is 23.0. The van der Waals surface area contributed by atoms with Crippen LogP contribution in [0.2, 0.25) is 0 Å². The molecule has 20 heteroatoms. The van der Waals surface area contributed by atoms with E-state index in [-0.39, 0.29) is 78.5 Å². The van der Waals surface area contributed by atoms with Gasteiger partial charge in [0.05, 0.1) is 18.2 Å². The lowest BCUT2D eigenvalue weighted by Gasteiger charge is -2.44. The number of hydrogen-bond acceptors (Lipinski definition) is 11. The van der Waals surface area contributed by atoms with E-state index >= 15 is 0 Å². The minimum absolute atomic E-state index is 0. The Labute approximate surface area is 532 Å². The SMILES string of the molecule is C.C.CC(C)(N)C(=O)N[C@H](Cc1ccc(F)cc1)C(=O)N1CCN([C@@H](Cc2ccc3ccccc3c2)C(=O)O)C(=O)[C@@H]1CC1CC1.COC(=O)[C@H](Cc1ccc2ccccc2c1)N1CCN(C(=O)[C@@H](Cc2ccc(F)cc2)NC(=O)C(C)(C)N)[C@@H](CC2CC2)C1=O. The van der Waals surface area contributed by atoms with Gasteiger partial charge in [0.15, 0.2) is 0 Å². The number of ether oxygens (including phenoxy) is 1. The van der Waals surface area contributed by atoms with Crippen molar-refractivity contribution in [3.05, 3.63) is 167 Å². The highest BCUT2D eigenvalue weighted by Gasteiger charge is 2.48. The van der Waals surface area contributed by atoms with Crippen molar-refractivity contribution >= 4 is 68.9 Å². The molecule has 0 bridgehead atoms. The summed E-state index contributed by atoms with van der Waals surface area (Å²) in [6.07, 6.45) is 5.23. The number of hydrogen-bond donors (Lipinski definition) is 5. The lowest BCUT2D eigenvalue weighted by Crippen LogP contribution is -2.66. The minimum atomic E-state index is -1.26. The zero-order valence-corrected chi connectivity index (χ0v) is 51.0. The highest BCUT2D eigenvalue weighted by molar-refractivity contribution is 5.98. The average molecular weight is 1250 g/mol. The first-order chi connectivity index (χ1) is 42.3. The molecule has 7 N–H and O–H groups in total. The molecular formula is C71H88F2N8O10. The van der Waals surface area contributed by atoms with E-state index in [2.05, 4.69) is 10.6 Å². The number of rotatable bonds is 22. The summed E-state index contributed by atoms with van der Waals surface area (Å²) in [7, 11) is 1.31. The van der Waals surface area contributed by atoms with Crippen LogP contribution in [0, 0.1) is 23.5 Å². The van der Waals surface area contributed by atoms with Gasteiger partial charge in [0.25, 0.3) is 0 Å². The quantitative estimate of drug-likeness (QED) is 0.0407. The monoisotopic (exact) mass is 1250 g/mol. The molecule has 2 aliphatic heterocycles. The van der Waals surface area contributed by atoms with Gasteiger partial charge in [-0.2, -0.15) is 0 Å². The summed E-state index contributed by atoms with van der Waals surface area (Å²) in [6.45, 7) is 6.60. The van der Waals surface area contributed by atoms with Gasteiger partial charge in [-0.3, -0.25) is 28.8 Å². The van der Waals surface area contributed by atoms with Gasteiger partial charge in [-0.15, -0.1) is 0 Å². The van der Waals surface area contributed by atoms with Gasteiger partial charge in [-0.05, 0) is 120 Å². The molecule has 6 amide bonds. The fraction of sp³-hybridized carbons (Fsp3) is 0.437. The molecule has 2 saturated carbocycles. The molecule has 6 aromatic carbocycles. The molecular weight excluding hydrogens is 1160 g/mol. The number of esters is 1. The van der Waals surface area contributed by atoms with Crippen molar-refractivity contribution in [1.82, 2.24) is 30.2 Å². The van der Waals surface area contributed by atoms with Crippen molar-refractivity contribution in [3.63, 3.8) is 0 Å². The molecule has 91 heavy (non-hydrogen) atoms. The Morgan fingerprint density at radius 3 is 1.23 bits per heavy atom. The maximum atomic E-state index is 14.2. The van der Waals surface area contributed by atoms with Crippen LogP contribution in [-0.4, -0.2) is 153 Å². The number of nitrogens with two attached hydrogens (primary N) is 2. The van der Waals surface area contributed by atoms with Crippen LogP contribution < -0.4 is 22.1 Å². The molecule has 4 aliphatic rings. The van der Waals surface area contributed by atoms with Crippen LogP contribution in [0.15, 0.2) is 133 Å². The number of nitrogens with one attached hydrogen (secondary N) is 2. The fourth-order valence-corrected chi connectivity index (χ4v) is 11.7. The first-order valence-corrected chi connectivity index (χ1v) is 30.5. The highest BCUT2D eigenvalue weighted by atomic mass is 19.1. The Bertz CT molecular complexity index is 3580. The predicted octanol–water partition coefficient (Wildman–Crippen LogP) is 7.92. The van der Waals surface area contributed by atoms with Gasteiger partial charge in [0, 0.05) is 51.9 Å². The van der Waals surface area contributed by atoms with Crippen LogP contribution in [0.25, 0.3) is 21.5 Å². The second-order valence-electron chi connectivity index (χ2n) is 25.3. The van der Waals surface area contributed by atoms with Crippen LogP contribution >= 0.6 is 0 Å². The van der Waals surface area contributed by atoms with Crippen molar-refractivity contribution in [1.29, 1.82) is 0 Å². The van der Waals surface area contributed by atoms with E-state index in [1.165, 1.54) is 55.0 Å². The van der Waals surface area contributed by atoms with E-state index < -0.39 is 100 Å². The van der Waals surface area contributed by atoms with E-state index in [1.54, 1.807) is 47.9 Å². The third-order valence-corrected chi connectivity index (χ3v) is 17.2. The van der Waals surface area contributed by atoms with E-state index in [0.717, 1.165) is 58.4 Å². The van der Waals surface area contributed by atoms with E-state index in [9.17, 15) is 52.2 Å². The maximum Gasteiger partial charge on any atom is 0.328 e. The summed E-state index contributed by atoms with van der Waals surface area (Å²) in [4.78, 5) is 114. The van der Waals surface area contributed by atoms with Gasteiger partial charge in [0.2, 0.25) is 35.4 Å². The molecule has 2 heterocycles. The van der Waals surface area contributed by atoms with Gasteiger partial charge < -0.3 is 51.5 Å². The molecule has 18 nitrogen and oxygen atoms in total. The zero-order chi connectivity index (χ0) is 63.9. The van der Waals surface area contributed by atoms with Gasteiger partial charge >= 0.3 is 11.9 Å². The Balaban J connectivity index is 0.000000253. The zero-order valence-electron chi connectivity index (χ0n) is 51.0. The molecule has 486 valence electrons. The molecule has 0 spiro atoms. The molecule has 2 aliphatic carbocycles. The van der Waals surface area contributed by atoms with Crippen molar-refractivity contribution in [2.24, 2.45) is 23.3 Å². The number of methoxy groups -OCH3 is 1. The predicted molar refractivity (Wildman–Crippen MR) is 346 cm³/mol. The molecule has 4 fully saturated rings. The van der Waals surface area contributed by atoms with Crippen molar-refractivity contribution in [3.8, 4) is 0 Å². The van der Waals surface area contributed by atoms with Crippen LogP contribution in [0.1, 0.15) is 103 Å². The molecule has 6 atom stereocenters. The van der Waals surface area contributed by atoms with Gasteiger partial charge in [0.1, 0.15) is 47.9 Å². The third-order valence-electron chi connectivity index (χ3n) is 17.2. The fourth-order valence-electron chi connectivity index (χ4n) is 11.7. The lowest BCUT2D eigenvalue weighted by atomic mass is 9.96. The van der Waals surface area contributed by atoms with Crippen LogP contribution in [0.3, 0.4) is 0 Å². The topological polar surface area (TPSA) is 255 Å². The van der Waals surface area contributed by atoms with Gasteiger partial charge in [-0.1, -0.05) is 150 Å². The molecule has 0 unspecified atom stereocenters. The standard InChI is InChI=1S/C35H41FN4O5.C34H39FN4O5.2CH4/c1-35(2,37)34(44)38-28(19-22-11-14-27(36)15-12-22)31(41)39-16-17-40(32(42)29(39)20-23-8-9-23)30(33(43)45-3)21-24-10-13-25-6-4-5-7-26(25)18-24;1-34(2,36)33(44)37-27(18-21-10-13-26(35)14-11-21)30(40)38-15-16-39(31(41)28(38)19-22-7-8-22)29(32(42)43)20-23-9-12-24-5-3-4-6-25(24)17-23;;/h4-7,10-15,18,23,28-30H,8-9,16-17,19-21,37H2,1-3H3,(H,38,44);3-6,9-14,17,22,27-29H,7-8,15-16,18-20,36H2,1-2H3,(H,37,44)(H,42,43);2*1H4/t28-,29+,30+;27-,28+,29+;;/m11../s1. The van der Waals surface area contributed by atoms with Crippen LogP contribution in [0.4, 0.5) is 8.78 Å². The summed E-state index contributed by atoms with van der Waals surface area (Å²) in [5.41, 5.74) is 12.5. The van der Waals surface area contributed by atoms with E-state index in [1.807, 2.05) is 84.9 Å². The molecule has 0 aromatic heterocycles. The van der Waals surface area contributed by atoms with Crippen molar-refractivity contribution < 1.29 is 57.0 Å². The largest absolute Gasteiger partial charge is 0.480 e. The van der Waals surface area contributed by atoms with Crippen LogP contribution in [-0.2, 0) is 68.8 Å². The third kappa shape index (κ3) is 17.9. The number of halogens is 2. The number of aliphatic carboxylic acids is 1. The number of carbonyl (C=O) groups excluding carboxylic acids is 7. The normalized spacial score (nSPS) is 18.1. The Morgan fingerprint density at radius 2 is 0.879 bits per heavy atom. The molecule has 6 aromatic rings. The lowest BCUT2D eigenvalue weighted by molar-refractivity contribution is -0.162. The average Bonchev–Trinajstić information content (AvgIpc) is 2.03. The summed E-state index contributed by atoms with van der Waals surface area (Å²) < 4.78 is 32.4. The van der Waals surface area contributed by atoms with E-state index in [4.69, 9.17) is 16.2 Å². The Morgan fingerprint density at radius 1 is 0.527 bits per heavy atom. The number of piperazine rings is 2. The van der Waals surface area contributed by atoms with Crippen molar-refractivity contribution in [2.45, 2.75) is 154 Å². The molecule has 0 radical (unpaired) electrons. The van der Waals surface area contributed by atoms with E-state index in [0.29, 0.717) is 29.9 Å². The number of carboxylic acids is 1. The van der Waals surface area contributed by atoms with Crippen LogP contribution in [0.5, 0.6) is 0 Å². The maximum absolute atomic E-state index is 14.2. The van der Waals surface area contributed by atoms with Crippen molar-refractivity contribution in [2.75, 3.05) is 33.3 Å². The summed E-state index contributed by atoms with van der Waals surface area (Å²) in [5.74, 6) is -4.57. The minimum Gasteiger partial charge on any atom is -0.480 e. The Hall–Kier alpha value is -8.62. The number of fused-ring (bicyclic) bond motifs is 2. The summed E-state index contributed by atoms with van der Waals surface area (Å²) in [5, 5.41) is 19.9. The van der Waals surface area contributed by atoms with Gasteiger partial charge in [-0.25, -0.2) is 18.4 Å². The summed E-state index contributed by atoms with van der Waals surface area (Å²) in [6, 6.07) is 33.1. The molecule has 10 rings (SSSR count). The number of carbonyl (C=O) groups is 8. The highest BCUT2D eigenvalue weighted by Crippen LogP contribution is 2.38. The number of benzene rings is 6. The number of carboxylic acid groups (broad SMARTS) is 1. The number of amides is 6. The second-order valence-corrected chi connectivity index (χ2v) is 25.3. The molecule has 2 saturated heterocycles. The first-order valence-electron chi connectivity index (χ1n) is 30.5.